The van der Waals surface area contributed by atoms with Gasteiger partial charge in [-0.25, -0.2) is 17.2 Å². The molecular weight excluding hydrogens is 338 g/mol. The average molecular weight is 352 g/mol. The molecule has 3 rings (SSSR count). The minimum Gasteiger partial charge on any atom is -0.312 e. The molecule has 0 aromatic heterocycles. The molecule has 0 saturated heterocycles. The molecule has 0 aliphatic carbocycles. The van der Waals surface area contributed by atoms with Crippen LogP contribution >= 0.6 is 0 Å². The summed E-state index contributed by atoms with van der Waals surface area (Å²) in [5.74, 6) is -2.41. The maximum absolute atomic E-state index is 13.2. The number of carbonyl (C=O) groups is 1. The third-order valence-electron chi connectivity index (χ3n) is 3.78. The number of amides is 1. The predicted molar refractivity (Wildman–Crippen MR) is 85.3 cm³/mol. The van der Waals surface area contributed by atoms with Crippen LogP contribution in [-0.4, -0.2) is 20.9 Å². The van der Waals surface area contributed by atoms with Crippen molar-refractivity contribution in [3.05, 3.63) is 53.6 Å². The van der Waals surface area contributed by atoms with Gasteiger partial charge in [0.1, 0.15) is 0 Å². The number of carbonyl (C=O) groups excluding carboxylic acids is 1. The highest BCUT2D eigenvalue weighted by Crippen LogP contribution is 2.31. The van der Waals surface area contributed by atoms with E-state index < -0.39 is 21.7 Å². The van der Waals surface area contributed by atoms with Gasteiger partial charge in [-0.3, -0.25) is 9.52 Å². The first kappa shape index (κ1) is 16.4. The number of benzene rings is 2. The van der Waals surface area contributed by atoms with Crippen molar-refractivity contribution in [2.24, 2.45) is 0 Å². The molecule has 126 valence electrons. The molecular formula is C16H14F2N2O3S. The number of nitrogens with zero attached hydrogens (tertiary/aromatic N) is 1. The summed E-state index contributed by atoms with van der Waals surface area (Å²) in [6.07, 6.45) is 0.198. The van der Waals surface area contributed by atoms with Gasteiger partial charge in [-0.1, -0.05) is 0 Å². The van der Waals surface area contributed by atoms with E-state index in [2.05, 4.69) is 4.72 Å². The minimum absolute atomic E-state index is 0.0480. The smallest absolute Gasteiger partial charge is 0.261 e. The van der Waals surface area contributed by atoms with Gasteiger partial charge in [0.25, 0.3) is 10.0 Å². The summed E-state index contributed by atoms with van der Waals surface area (Å²) in [5, 5.41) is 0. The standard InChI is InChI=1S/C16H14F2N2O3S/c1-2-20-15-6-3-11(7-10(15)8-16(20)21)19-24(22,23)12-4-5-13(17)14(18)9-12/h3-7,9,19H,2,8H2,1H3. The zero-order valence-corrected chi connectivity index (χ0v) is 13.5. The Kier molecular flexibility index (Phi) is 4.00. The molecule has 5 nitrogen and oxygen atoms in total. The van der Waals surface area contributed by atoms with Crippen LogP contribution in [0.15, 0.2) is 41.3 Å². The number of likely N-dealkylation sites (N-methyl/N-ethyl adjacent to an activating group) is 1. The van der Waals surface area contributed by atoms with E-state index in [1.54, 1.807) is 17.0 Å². The molecule has 0 radical (unpaired) electrons. The number of fused-ring (bicyclic) bond motifs is 1. The Morgan fingerprint density at radius 3 is 2.54 bits per heavy atom. The topological polar surface area (TPSA) is 66.5 Å². The summed E-state index contributed by atoms with van der Waals surface area (Å²) >= 11 is 0. The van der Waals surface area contributed by atoms with Crippen LogP contribution in [0.3, 0.4) is 0 Å². The van der Waals surface area contributed by atoms with Gasteiger partial charge in [0.05, 0.1) is 11.3 Å². The zero-order valence-electron chi connectivity index (χ0n) is 12.7. The Bertz CT molecular complexity index is 929. The molecule has 8 heteroatoms. The minimum atomic E-state index is -4.06. The molecule has 0 atom stereocenters. The molecule has 24 heavy (non-hydrogen) atoms. The first-order chi connectivity index (χ1) is 11.3. The molecule has 1 N–H and O–H groups in total. The van der Waals surface area contributed by atoms with Gasteiger partial charge in [-0.2, -0.15) is 0 Å². The maximum atomic E-state index is 13.2. The summed E-state index contributed by atoms with van der Waals surface area (Å²) in [4.78, 5) is 13.1. The predicted octanol–water partition coefficient (Wildman–Crippen LogP) is 2.67. The van der Waals surface area contributed by atoms with Crippen molar-refractivity contribution in [3.63, 3.8) is 0 Å². The summed E-state index contributed by atoms with van der Waals surface area (Å²) < 4.78 is 53.0. The van der Waals surface area contributed by atoms with Crippen LogP contribution in [0.4, 0.5) is 20.2 Å². The van der Waals surface area contributed by atoms with Crippen molar-refractivity contribution in [1.29, 1.82) is 0 Å². The molecule has 2 aromatic carbocycles. The van der Waals surface area contributed by atoms with Crippen LogP contribution in [0.1, 0.15) is 12.5 Å². The molecule has 1 amide bonds. The number of anilines is 2. The van der Waals surface area contributed by atoms with E-state index in [0.717, 1.165) is 17.8 Å². The highest BCUT2D eigenvalue weighted by Gasteiger charge is 2.26. The summed E-state index contributed by atoms with van der Waals surface area (Å²) in [6, 6.07) is 7.11. The summed E-state index contributed by atoms with van der Waals surface area (Å²) in [6.45, 7) is 2.39. The van der Waals surface area contributed by atoms with E-state index in [-0.39, 0.29) is 22.9 Å². The zero-order chi connectivity index (χ0) is 17.5. The third kappa shape index (κ3) is 2.84. The third-order valence-corrected chi connectivity index (χ3v) is 5.16. The van der Waals surface area contributed by atoms with Gasteiger partial charge in [-0.05, 0) is 48.9 Å². The van der Waals surface area contributed by atoms with Crippen LogP contribution in [0.5, 0.6) is 0 Å². The lowest BCUT2D eigenvalue weighted by Gasteiger charge is -2.15. The van der Waals surface area contributed by atoms with E-state index >= 15 is 0 Å². The molecule has 0 unspecified atom stereocenters. The van der Waals surface area contributed by atoms with Gasteiger partial charge in [-0.15, -0.1) is 0 Å². The molecule has 0 bridgehead atoms. The number of sulfonamides is 1. The number of hydrogen-bond donors (Lipinski definition) is 1. The normalized spacial score (nSPS) is 14.0. The average Bonchev–Trinajstić information content (AvgIpc) is 2.83. The van der Waals surface area contributed by atoms with Gasteiger partial charge in [0, 0.05) is 17.9 Å². The quantitative estimate of drug-likeness (QED) is 0.920. The van der Waals surface area contributed by atoms with E-state index in [0.29, 0.717) is 18.2 Å². The summed E-state index contributed by atoms with van der Waals surface area (Å²) in [5.41, 5.74) is 1.72. The number of hydrogen-bond acceptors (Lipinski definition) is 3. The fourth-order valence-electron chi connectivity index (χ4n) is 2.65. The van der Waals surface area contributed by atoms with E-state index in [1.807, 2.05) is 6.92 Å². The van der Waals surface area contributed by atoms with Crippen LogP contribution in [0.2, 0.25) is 0 Å². The van der Waals surface area contributed by atoms with Gasteiger partial charge < -0.3 is 4.90 Å². The lowest BCUT2D eigenvalue weighted by atomic mass is 10.1. The molecule has 1 aliphatic rings. The van der Waals surface area contributed by atoms with Gasteiger partial charge in [0.2, 0.25) is 5.91 Å². The van der Waals surface area contributed by atoms with Crippen molar-refractivity contribution in [3.8, 4) is 0 Å². The van der Waals surface area contributed by atoms with Crippen molar-refractivity contribution in [2.75, 3.05) is 16.2 Å². The van der Waals surface area contributed by atoms with Crippen molar-refractivity contribution < 1.29 is 22.0 Å². The van der Waals surface area contributed by atoms with E-state index in [9.17, 15) is 22.0 Å². The highest BCUT2D eigenvalue weighted by molar-refractivity contribution is 7.92. The van der Waals surface area contributed by atoms with Crippen LogP contribution in [0.25, 0.3) is 0 Å². The van der Waals surface area contributed by atoms with E-state index in [1.165, 1.54) is 6.07 Å². The second-order valence-corrected chi connectivity index (χ2v) is 7.02. The van der Waals surface area contributed by atoms with Crippen LogP contribution in [0, 0.1) is 11.6 Å². The highest BCUT2D eigenvalue weighted by atomic mass is 32.2. The SMILES string of the molecule is CCN1C(=O)Cc2cc(NS(=O)(=O)c3ccc(F)c(F)c3)ccc21. The number of halogens is 2. The molecule has 2 aromatic rings. The van der Waals surface area contributed by atoms with Crippen LogP contribution < -0.4 is 9.62 Å². The first-order valence-corrected chi connectivity index (χ1v) is 8.71. The molecule has 1 aliphatic heterocycles. The fourth-order valence-corrected chi connectivity index (χ4v) is 3.71. The largest absolute Gasteiger partial charge is 0.312 e. The van der Waals surface area contributed by atoms with Crippen molar-refractivity contribution in [1.82, 2.24) is 0 Å². The lowest BCUT2D eigenvalue weighted by Crippen LogP contribution is -2.25. The van der Waals surface area contributed by atoms with Crippen molar-refractivity contribution >= 4 is 27.3 Å². The Hall–Kier alpha value is -2.48. The fraction of sp³-hybridized carbons (Fsp3) is 0.188. The maximum Gasteiger partial charge on any atom is 0.261 e. The molecule has 1 heterocycles. The van der Waals surface area contributed by atoms with Crippen molar-refractivity contribution in [2.45, 2.75) is 18.2 Å². The summed E-state index contributed by atoms with van der Waals surface area (Å²) in [7, 11) is -4.06. The van der Waals surface area contributed by atoms with Gasteiger partial charge >= 0.3 is 0 Å². The Balaban J connectivity index is 1.90. The Morgan fingerprint density at radius 2 is 1.88 bits per heavy atom. The van der Waals surface area contributed by atoms with Crippen LogP contribution in [-0.2, 0) is 21.2 Å². The Morgan fingerprint density at radius 1 is 1.12 bits per heavy atom. The molecule has 0 saturated carbocycles. The second-order valence-electron chi connectivity index (χ2n) is 5.34. The molecule has 0 fully saturated rings. The van der Waals surface area contributed by atoms with E-state index in [4.69, 9.17) is 0 Å². The number of nitrogens with one attached hydrogen (secondary N) is 1. The Labute approximate surface area is 138 Å². The first-order valence-electron chi connectivity index (χ1n) is 7.23. The number of rotatable bonds is 4. The second kappa shape index (κ2) is 5.86. The van der Waals surface area contributed by atoms with Gasteiger partial charge in [0.15, 0.2) is 11.6 Å². The molecule has 0 spiro atoms. The lowest BCUT2D eigenvalue weighted by molar-refractivity contribution is -0.117. The monoisotopic (exact) mass is 352 g/mol.